The van der Waals surface area contributed by atoms with Crippen LogP contribution in [0, 0.1) is 30.3 Å². The first-order chi connectivity index (χ1) is 15.1. The first-order valence-corrected chi connectivity index (χ1v) is 9.33. The molecule has 3 aliphatic rings. The largest absolute Gasteiger partial charge is 0.393 e. The Kier molecular flexibility index (Phi) is 3.69. The van der Waals surface area contributed by atoms with Crippen LogP contribution in [-0.2, 0) is 0 Å². The first-order valence-electron chi connectivity index (χ1n) is 9.33. The van der Waals surface area contributed by atoms with Gasteiger partial charge in [0, 0.05) is 30.0 Å². The second-order valence-corrected chi connectivity index (χ2v) is 7.72. The van der Waals surface area contributed by atoms with E-state index < -0.39 is 26.6 Å². The highest BCUT2D eigenvalue weighted by Gasteiger charge is 2.46. The zero-order chi connectivity index (χ0) is 23.1. The zero-order valence-electron chi connectivity index (χ0n) is 16.1. The van der Waals surface area contributed by atoms with Gasteiger partial charge in [0.25, 0.3) is 17.1 Å². The fraction of sp³-hybridized carbons (Fsp3) is 0.100. The number of nitrogens with two attached hydrogens (primary N) is 3. The molecule has 0 fully saturated rings. The van der Waals surface area contributed by atoms with Crippen molar-refractivity contribution in [3.63, 3.8) is 0 Å². The number of benzene rings is 3. The second kappa shape index (κ2) is 6.14. The van der Waals surface area contributed by atoms with Crippen LogP contribution >= 0.6 is 0 Å². The van der Waals surface area contributed by atoms with Crippen LogP contribution in [0.15, 0.2) is 36.4 Å². The van der Waals surface area contributed by atoms with Crippen LogP contribution < -0.4 is 17.2 Å². The van der Waals surface area contributed by atoms with Crippen molar-refractivity contribution in [2.45, 2.75) is 11.8 Å². The van der Waals surface area contributed by atoms with Gasteiger partial charge in [0.15, 0.2) is 0 Å². The molecule has 0 unspecified atom stereocenters. The highest BCUT2D eigenvalue weighted by Crippen LogP contribution is 2.60. The van der Waals surface area contributed by atoms with E-state index in [4.69, 9.17) is 17.2 Å². The summed E-state index contributed by atoms with van der Waals surface area (Å²) < 4.78 is 0. The Hall–Kier alpha value is -4.74. The van der Waals surface area contributed by atoms with Gasteiger partial charge in [0.05, 0.1) is 14.8 Å². The fourth-order valence-corrected chi connectivity index (χ4v) is 4.95. The molecule has 0 saturated carbocycles. The molecule has 0 saturated heterocycles. The zero-order valence-corrected chi connectivity index (χ0v) is 16.1. The van der Waals surface area contributed by atoms with Gasteiger partial charge in [0.1, 0.15) is 17.1 Å². The number of nitrogens with zero attached hydrogens (tertiary/aromatic N) is 3. The Morgan fingerprint density at radius 2 is 1.03 bits per heavy atom. The number of rotatable bonds is 3. The molecule has 0 aromatic heterocycles. The molecule has 0 heterocycles. The van der Waals surface area contributed by atoms with E-state index in [1.54, 1.807) is 6.07 Å². The number of anilines is 3. The number of nitro groups is 3. The van der Waals surface area contributed by atoms with Crippen LogP contribution in [0.4, 0.5) is 34.1 Å². The minimum atomic E-state index is -0.793. The molecule has 0 spiro atoms. The van der Waals surface area contributed by atoms with Gasteiger partial charge in [-0.2, -0.15) is 0 Å². The molecule has 12 heteroatoms. The summed E-state index contributed by atoms with van der Waals surface area (Å²) in [5.41, 5.74) is 20.3. The van der Waals surface area contributed by atoms with E-state index in [1.807, 2.05) is 0 Å². The molecular weight excluding hydrogens is 420 g/mol. The molecule has 12 nitrogen and oxygen atoms in total. The van der Waals surface area contributed by atoms with Gasteiger partial charge in [-0.25, -0.2) is 0 Å². The van der Waals surface area contributed by atoms with Crippen molar-refractivity contribution < 1.29 is 14.8 Å². The standard InChI is InChI=1S/C20H14N6O6/c21-12-3-8-10(5-15(12)25(29)30)18-11-6-16(26(31)32)13(22)4-9(11)17(8)7-1-2-14(24(27)28)20(23)19(7)18/h1-6,17-18H,21-23H2. The molecule has 0 radical (unpaired) electrons. The van der Waals surface area contributed by atoms with Crippen LogP contribution in [0.1, 0.15) is 45.2 Å². The summed E-state index contributed by atoms with van der Waals surface area (Å²) in [7, 11) is 0. The third-order valence-electron chi connectivity index (χ3n) is 6.20. The first kappa shape index (κ1) is 19.2. The van der Waals surface area contributed by atoms with Crippen LogP contribution in [-0.4, -0.2) is 14.8 Å². The van der Waals surface area contributed by atoms with E-state index in [9.17, 15) is 30.3 Å². The van der Waals surface area contributed by atoms with E-state index in [2.05, 4.69) is 0 Å². The average molecular weight is 434 g/mol. The molecule has 3 aromatic rings. The number of hydrogen-bond acceptors (Lipinski definition) is 9. The maximum absolute atomic E-state index is 11.5. The molecule has 0 atom stereocenters. The van der Waals surface area contributed by atoms with Gasteiger partial charge < -0.3 is 17.2 Å². The van der Waals surface area contributed by atoms with E-state index in [0.717, 1.165) is 0 Å². The maximum Gasteiger partial charge on any atom is 0.292 e. The van der Waals surface area contributed by atoms with E-state index >= 15 is 0 Å². The summed E-state index contributed by atoms with van der Waals surface area (Å²) in [5.74, 6) is -1.34. The van der Waals surface area contributed by atoms with Gasteiger partial charge >= 0.3 is 0 Å². The van der Waals surface area contributed by atoms with Crippen LogP contribution in [0.5, 0.6) is 0 Å². The van der Waals surface area contributed by atoms with E-state index in [1.165, 1.54) is 30.3 Å². The van der Waals surface area contributed by atoms with Gasteiger partial charge in [-0.05, 0) is 45.5 Å². The summed E-state index contributed by atoms with van der Waals surface area (Å²) in [5, 5.41) is 34.5. The van der Waals surface area contributed by atoms with Crippen molar-refractivity contribution in [3.8, 4) is 0 Å². The molecular formula is C20H14N6O6. The smallest absolute Gasteiger partial charge is 0.292 e. The van der Waals surface area contributed by atoms with Crippen LogP contribution in [0.25, 0.3) is 0 Å². The summed E-state index contributed by atoms with van der Waals surface area (Å²) in [6.07, 6.45) is 0. The van der Waals surface area contributed by atoms with E-state index in [-0.39, 0.29) is 34.1 Å². The van der Waals surface area contributed by atoms with Crippen LogP contribution in [0.3, 0.4) is 0 Å². The molecule has 32 heavy (non-hydrogen) atoms. The monoisotopic (exact) mass is 434 g/mol. The lowest BCUT2D eigenvalue weighted by atomic mass is 9.60. The Balaban J connectivity index is 1.90. The summed E-state index contributed by atoms with van der Waals surface area (Å²) >= 11 is 0. The fourth-order valence-electron chi connectivity index (χ4n) is 4.95. The second-order valence-electron chi connectivity index (χ2n) is 7.72. The number of nitrogen functional groups attached to an aromatic ring is 3. The van der Waals surface area contributed by atoms with Gasteiger partial charge in [-0.1, -0.05) is 6.07 Å². The third kappa shape index (κ3) is 2.31. The molecule has 3 aliphatic carbocycles. The minimum Gasteiger partial charge on any atom is -0.393 e. The minimum absolute atomic E-state index is 0.0332. The average Bonchev–Trinajstić information content (AvgIpc) is 2.71. The van der Waals surface area contributed by atoms with Crippen molar-refractivity contribution in [1.29, 1.82) is 0 Å². The molecule has 2 bridgehead atoms. The summed E-state index contributed by atoms with van der Waals surface area (Å²) in [4.78, 5) is 32.7. The maximum atomic E-state index is 11.5. The van der Waals surface area contributed by atoms with Crippen LogP contribution in [0.2, 0.25) is 0 Å². The number of nitro benzene ring substituents is 3. The molecule has 3 aromatic carbocycles. The lowest BCUT2D eigenvalue weighted by Crippen LogP contribution is -2.29. The van der Waals surface area contributed by atoms with E-state index in [0.29, 0.717) is 33.4 Å². The highest BCUT2D eigenvalue weighted by molar-refractivity contribution is 5.82. The molecule has 160 valence electrons. The highest BCUT2D eigenvalue weighted by atomic mass is 16.6. The van der Waals surface area contributed by atoms with Crippen molar-refractivity contribution in [3.05, 3.63) is 100 Å². The SMILES string of the molecule is Nc1cc2c(cc1[N+](=O)[O-])C1c3cc([N+](=O)[O-])c(N)cc3C2c2ccc([N+](=O)[O-])c(N)c21. The van der Waals surface area contributed by atoms with Crippen molar-refractivity contribution in [2.75, 3.05) is 17.2 Å². The topological polar surface area (TPSA) is 207 Å². The molecule has 6 N–H and O–H groups in total. The molecule has 6 rings (SSSR count). The Morgan fingerprint density at radius 3 is 1.47 bits per heavy atom. The van der Waals surface area contributed by atoms with Gasteiger partial charge in [-0.15, -0.1) is 0 Å². The van der Waals surface area contributed by atoms with Crippen molar-refractivity contribution in [1.82, 2.24) is 0 Å². The lowest BCUT2D eigenvalue weighted by molar-refractivity contribution is -0.384. The predicted octanol–water partition coefficient (Wildman–Crippen LogP) is 3.15. The molecule has 0 amide bonds. The van der Waals surface area contributed by atoms with Gasteiger partial charge in [0.2, 0.25) is 0 Å². The Morgan fingerprint density at radius 1 is 0.594 bits per heavy atom. The normalized spacial score (nSPS) is 17.2. The van der Waals surface area contributed by atoms with Crippen molar-refractivity contribution in [2.24, 2.45) is 0 Å². The quantitative estimate of drug-likeness (QED) is 0.216. The molecule has 0 aliphatic heterocycles. The Bertz CT molecular complexity index is 1340. The Labute approximate surface area is 178 Å². The summed E-state index contributed by atoms with van der Waals surface area (Å²) in [6.45, 7) is 0. The number of hydrogen-bond donors (Lipinski definition) is 3. The predicted molar refractivity (Wildman–Crippen MR) is 114 cm³/mol. The summed E-state index contributed by atoms with van der Waals surface area (Å²) in [6, 6.07) is 8.53. The third-order valence-corrected chi connectivity index (χ3v) is 6.20. The van der Waals surface area contributed by atoms with Crippen molar-refractivity contribution >= 4 is 34.1 Å². The lowest BCUT2D eigenvalue weighted by Gasteiger charge is -2.42. The van der Waals surface area contributed by atoms with Gasteiger partial charge in [-0.3, -0.25) is 30.3 Å².